The number of benzene rings is 1. The Morgan fingerprint density at radius 3 is 2.69 bits per heavy atom. The number of amides is 1. The van der Waals surface area contributed by atoms with Crippen LogP contribution in [0.5, 0.6) is 5.75 Å². The van der Waals surface area contributed by atoms with Gasteiger partial charge in [0.1, 0.15) is 16.7 Å². The number of pyridine rings is 1. The van der Waals surface area contributed by atoms with E-state index in [0.717, 1.165) is 11.3 Å². The molecule has 1 amide bonds. The van der Waals surface area contributed by atoms with Crippen LogP contribution >= 0.6 is 15.9 Å². The van der Waals surface area contributed by atoms with Crippen molar-refractivity contribution in [2.45, 2.75) is 65.5 Å². The number of halogens is 1. The second kappa shape index (κ2) is 11.5. The lowest BCUT2D eigenvalue weighted by Gasteiger charge is -2.34. The molecule has 0 radical (unpaired) electrons. The van der Waals surface area contributed by atoms with Gasteiger partial charge in [-0.05, 0) is 63.8 Å². The van der Waals surface area contributed by atoms with Crippen LogP contribution in [0.1, 0.15) is 58.2 Å². The molecule has 2 N–H and O–H groups in total. The van der Waals surface area contributed by atoms with E-state index in [-0.39, 0.29) is 23.4 Å². The molecule has 1 saturated heterocycles. The van der Waals surface area contributed by atoms with Crippen LogP contribution in [-0.2, 0) is 4.74 Å². The lowest BCUT2D eigenvalue weighted by atomic mass is 10.0. The third-order valence-electron chi connectivity index (χ3n) is 6.49. The fourth-order valence-corrected chi connectivity index (χ4v) is 5.17. The fourth-order valence-electron chi connectivity index (χ4n) is 4.74. The molecule has 1 atom stereocenters. The van der Waals surface area contributed by atoms with Crippen LogP contribution in [-0.4, -0.2) is 63.4 Å². The van der Waals surface area contributed by atoms with Crippen LogP contribution in [0.15, 0.2) is 38.5 Å². The number of hydrogen-bond donors (Lipinski definition) is 2. The van der Waals surface area contributed by atoms with E-state index in [1.165, 1.54) is 4.57 Å². The Balaban J connectivity index is 1.62. The molecule has 2 aromatic heterocycles. The fraction of sp³-hybridized carbons (Fsp3) is 0.500. The van der Waals surface area contributed by atoms with Crippen molar-refractivity contribution in [2.24, 2.45) is 0 Å². The van der Waals surface area contributed by atoms with E-state index in [2.05, 4.69) is 31.2 Å². The molecule has 0 saturated carbocycles. The Labute approximate surface area is 235 Å². The van der Waals surface area contributed by atoms with Crippen LogP contribution in [0.3, 0.4) is 0 Å². The first-order chi connectivity index (χ1) is 18.4. The number of nitrogens with one attached hydrogen (secondary N) is 2. The van der Waals surface area contributed by atoms with Crippen molar-refractivity contribution in [3.05, 3.63) is 61.0 Å². The van der Waals surface area contributed by atoms with E-state index in [1.807, 2.05) is 47.6 Å². The van der Waals surface area contributed by atoms with Crippen LogP contribution in [0.25, 0.3) is 16.6 Å². The number of hydrogen-bond acceptors (Lipinski definition) is 7. The van der Waals surface area contributed by atoms with Crippen molar-refractivity contribution < 1.29 is 14.3 Å². The van der Waals surface area contributed by atoms with Crippen LogP contribution in [0.2, 0.25) is 0 Å². The molecule has 4 rings (SSSR count). The number of piperazine rings is 1. The summed E-state index contributed by atoms with van der Waals surface area (Å²) in [5.41, 5.74) is 1.08. The average Bonchev–Trinajstić information content (AvgIpc) is 2.83. The largest absolute Gasteiger partial charge is 0.493 e. The predicted molar refractivity (Wildman–Crippen MR) is 154 cm³/mol. The Kier molecular flexibility index (Phi) is 8.51. The van der Waals surface area contributed by atoms with Gasteiger partial charge in [0.2, 0.25) is 0 Å². The first-order valence-corrected chi connectivity index (χ1v) is 13.9. The quantitative estimate of drug-likeness (QED) is 0.433. The highest BCUT2D eigenvalue weighted by atomic mass is 79.9. The Hall–Kier alpha value is -3.18. The number of H-pyrrole nitrogens is 1. The summed E-state index contributed by atoms with van der Waals surface area (Å²) in [7, 11) is 0. The van der Waals surface area contributed by atoms with Gasteiger partial charge < -0.3 is 19.7 Å². The zero-order valence-corrected chi connectivity index (χ0v) is 24.8. The molecule has 3 heterocycles. The summed E-state index contributed by atoms with van der Waals surface area (Å²) in [5, 5.41) is 3.70. The number of aromatic amines is 1. The highest BCUT2D eigenvalue weighted by Gasteiger charge is 2.27. The molecule has 210 valence electrons. The summed E-state index contributed by atoms with van der Waals surface area (Å²) >= 11 is 3.53. The highest BCUT2D eigenvalue weighted by molar-refractivity contribution is 9.10. The summed E-state index contributed by atoms with van der Waals surface area (Å²) in [4.78, 5) is 47.4. The lowest BCUT2D eigenvalue weighted by Crippen LogP contribution is -2.53. The first kappa shape index (κ1) is 28.8. The maximum Gasteiger partial charge on any atom is 0.410 e. The van der Waals surface area contributed by atoms with Gasteiger partial charge in [-0.1, -0.05) is 29.8 Å². The van der Waals surface area contributed by atoms with Crippen molar-refractivity contribution in [3.63, 3.8) is 0 Å². The van der Waals surface area contributed by atoms with Gasteiger partial charge in [-0.3, -0.25) is 19.3 Å². The smallest absolute Gasteiger partial charge is 0.410 e. The Morgan fingerprint density at radius 1 is 1.26 bits per heavy atom. The minimum Gasteiger partial charge on any atom is -0.493 e. The zero-order valence-electron chi connectivity index (χ0n) is 23.3. The minimum absolute atomic E-state index is 0.00722. The van der Waals surface area contributed by atoms with E-state index >= 15 is 0 Å². The standard InChI is InChI=1S/C28H36BrN5O5/c1-16(2)23-24(17(3)7-9-31-23)34-20-13-18(29)14-21(22(20)25(35)32-26(34)36)38-12-8-19-15-33(11-10-30-19)27(37)39-28(4,5)6/h7,9,13-14,16,19,30H,8,10-12,15H2,1-6H3,(H,32,35,36). The van der Waals surface area contributed by atoms with Gasteiger partial charge in [0.05, 0.1) is 23.5 Å². The normalized spacial score (nSPS) is 16.1. The molecule has 1 aromatic carbocycles. The molecule has 1 unspecified atom stereocenters. The summed E-state index contributed by atoms with van der Waals surface area (Å²) in [6.07, 6.45) is 1.99. The van der Waals surface area contributed by atoms with Gasteiger partial charge in [-0.25, -0.2) is 9.59 Å². The van der Waals surface area contributed by atoms with Gasteiger partial charge in [0, 0.05) is 36.3 Å². The van der Waals surface area contributed by atoms with Crippen LogP contribution in [0.4, 0.5) is 4.79 Å². The average molecular weight is 603 g/mol. The zero-order chi connectivity index (χ0) is 28.5. The van der Waals surface area contributed by atoms with E-state index in [9.17, 15) is 14.4 Å². The molecular weight excluding hydrogens is 566 g/mol. The molecule has 11 heteroatoms. The van der Waals surface area contributed by atoms with E-state index in [0.29, 0.717) is 54.1 Å². The minimum atomic E-state index is -0.555. The second-order valence-electron chi connectivity index (χ2n) is 11.1. The molecule has 0 aliphatic carbocycles. The number of aromatic nitrogens is 3. The SMILES string of the molecule is Cc1ccnc(C(C)C)c1-n1c(=O)[nH]c(=O)c2c(OCCC3CN(C(=O)OC(C)(C)C)CCN3)cc(Br)cc21. The van der Waals surface area contributed by atoms with Gasteiger partial charge in [0.25, 0.3) is 5.56 Å². The van der Waals surface area contributed by atoms with Crippen LogP contribution < -0.4 is 21.3 Å². The van der Waals surface area contributed by atoms with Gasteiger partial charge in [0.15, 0.2) is 0 Å². The molecule has 39 heavy (non-hydrogen) atoms. The second-order valence-corrected chi connectivity index (χ2v) is 12.0. The van der Waals surface area contributed by atoms with Crippen molar-refractivity contribution in [1.82, 2.24) is 24.8 Å². The number of rotatable bonds is 6. The molecule has 0 bridgehead atoms. The molecule has 1 fully saturated rings. The van der Waals surface area contributed by atoms with Gasteiger partial charge in [-0.2, -0.15) is 0 Å². The topological polar surface area (TPSA) is 119 Å². The number of carbonyl (C=O) groups excluding carboxylic acids is 1. The number of fused-ring (bicyclic) bond motifs is 1. The van der Waals surface area contributed by atoms with Crippen LogP contribution in [0, 0.1) is 6.92 Å². The monoisotopic (exact) mass is 601 g/mol. The Bertz CT molecular complexity index is 1490. The number of carbonyl (C=O) groups is 1. The Morgan fingerprint density at radius 2 is 2.00 bits per heavy atom. The van der Waals surface area contributed by atoms with E-state index < -0.39 is 16.9 Å². The lowest BCUT2D eigenvalue weighted by molar-refractivity contribution is 0.0188. The molecule has 10 nitrogen and oxygen atoms in total. The molecular formula is C28H36BrN5O5. The number of ether oxygens (including phenoxy) is 2. The summed E-state index contributed by atoms with van der Waals surface area (Å²) < 4.78 is 13.8. The first-order valence-electron chi connectivity index (χ1n) is 13.1. The molecule has 3 aromatic rings. The summed E-state index contributed by atoms with van der Waals surface area (Å²) in [6.45, 7) is 13.5. The maximum absolute atomic E-state index is 13.2. The van der Waals surface area contributed by atoms with Crippen molar-refractivity contribution in [1.29, 1.82) is 0 Å². The molecule has 1 aliphatic rings. The highest BCUT2D eigenvalue weighted by Crippen LogP contribution is 2.31. The maximum atomic E-state index is 13.2. The predicted octanol–water partition coefficient (Wildman–Crippen LogP) is 4.25. The number of aryl methyl sites for hydroxylation is 1. The van der Waals surface area contributed by atoms with E-state index in [4.69, 9.17) is 9.47 Å². The third-order valence-corrected chi connectivity index (χ3v) is 6.95. The van der Waals surface area contributed by atoms with Gasteiger partial charge in [-0.15, -0.1) is 0 Å². The van der Waals surface area contributed by atoms with E-state index in [1.54, 1.807) is 23.2 Å². The third kappa shape index (κ3) is 6.52. The molecule has 1 aliphatic heterocycles. The number of nitrogens with zero attached hydrogens (tertiary/aromatic N) is 3. The van der Waals surface area contributed by atoms with Gasteiger partial charge >= 0.3 is 11.8 Å². The van der Waals surface area contributed by atoms with Crippen molar-refractivity contribution in [3.8, 4) is 11.4 Å². The summed E-state index contributed by atoms with van der Waals surface area (Å²) in [5.74, 6) is 0.418. The molecule has 0 spiro atoms. The van der Waals surface area contributed by atoms with Crippen molar-refractivity contribution >= 4 is 32.9 Å². The summed E-state index contributed by atoms with van der Waals surface area (Å²) in [6, 6.07) is 5.33. The van der Waals surface area contributed by atoms with Crippen molar-refractivity contribution in [2.75, 3.05) is 26.2 Å².